The first-order valence-electron chi connectivity index (χ1n) is 10.6. The summed E-state index contributed by atoms with van der Waals surface area (Å²) in [6.45, 7) is 2.57. The summed E-state index contributed by atoms with van der Waals surface area (Å²) < 4.78 is 7.39. The largest absolute Gasteiger partial charge is 0.484 e. The van der Waals surface area contributed by atoms with Crippen molar-refractivity contribution < 1.29 is 9.53 Å². The van der Waals surface area contributed by atoms with Gasteiger partial charge in [0.05, 0.1) is 10.9 Å². The minimum Gasteiger partial charge on any atom is -0.484 e. The summed E-state index contributed by atoms with van der Waals surface area (Å²) >= 11 is 0. The number of ether oxygens (including phenoxy) is 1. The van der Waals surface area contributed by atoms with Crippen molar-refractivity contribution in [1.82, 2.24) is 19.9 Å². The second-order valence-corrected chi connectivity index (χ2v) is 8.09. The van der Waals surface area contributed by atoms with E-state index in [-0.39, 0.29) is 24.1 Å². The van der Waals surface area contributed by atoms with Crippen LogP contribution in [-0.4, -0.2) is 33.1 Å². The molecule has 0 saturated heterocycles. The number of nitrogens with one attached hydrogen (secondary N) is 2. The predicted molar refractivity (Wildman–Crippen MR) is 119 cm³/mol. The summed E-state index contributed by atoms with van der Waals surface area (Å²) in [5, 5.41) is 4.67. The van der Waals surface area contributed by atoms with Crippen LogP contribution in [0.4, 0.5) is 0 Å². The number of carbonyl (C=O) groups excluding carboxylic acids is 1. The SMILES string of the molecule is CC(Cc1c[nH]c2ccccc12)NC(=O)COc1ccc2nc3n(c(=O)c2c1)CCC3. The Morgan fingerprint density at radius 2 is 2.13 bits per heavy atom. The van der Waals surface area contributed by atoms with Crippen LogP contribution < -0.4 is 15.6 Å². The van der Waals surface area contributed by atoms with Crippen LogP contribution >= 0.6 is 0 Å². The molecule has 1 amide bonds. The standard InChI is InChI=1S/C24H24N4O3/c1-15(11-16-13-25-20-6-3-2-5-18(16)20)26-23(29)14-31-17-8-9-21-19(12-17)24(30)28-10-4-7-22(28)27-21/h2-3,5-6,8-9,12-13,15,25H,4,7,10-11,14H2,1H3,(H,26,29). The molecule has 0 fully saturated rings. The number of nitrogens with zero attached hydrogens (tertiary/aromatic N) is 2. The van der Waals surface area contributed by atoms with E-state index in [1.165, 1.54) is 10.9 Å². The fourth-order valence-corrected chi connectivity index (χ4v) is 4.30. The molecule has 2 aromatic heterocycles. The fourth-order valence-electron chi connectivity index (χ4n) is 4.30. The third-order valence-electron chi connectivity index (χ3n) is 5.77. The van der Waals surface area contributed by atoms with Crippen molar-refractivity contribution in [3.8, 4) is 5.75 Å². The van der Waals surface area contributed by atoms with Gasteiger partial charge in [0.15, 0.2) is 6.61 Å². The van der Waals surface area contributed by atoms with Crippen LogP contribution in [0.15, 0.2) is 53.5 Å². The highest BCUT2D eigenvalue weighted by atomic mass is 16.5. The van der Waals surface area contributed by atoms with E-state index in [0.29, 0.717) is 23.2 Å². The number of carbonyl (C=O) groups is 1. The first kappa shape index (κ1) is 19.4. The van der Waals surface area contributed by atoms with E-state index in [0.717, 1.165) is 30.6 Å². The van der Waals surface area contributed by atoms with Gasteiger partial charge in [-0.1, -0.05) is 18.2 Å². The Morgan fingerprint density at radius 1 is 1.26 bits per heavy atom. The maximum atomic E-state index is 12.7. The summed E-state index contributed by atoms with van der Waals surface area (Å²) in [6, 6.07) is 13.3. The fraction of sp³-hybridized carbons (Fsp3) is 0.292. The normalized spacial score (nSPS) is 14.0. The number of aryl methyl sites for hydroxylation is 1. The second kappa shape index (κ2) is 7.91. The second-order valence-electron chi connectivity index (χ2n) is 8.09. The van der Waals surface area contributed by atoms with Crippen LogP contribution in [0.2, 0.25) is 0 Å². The van der Waals surface area contributed by atoms with Gasteiger partial charge in [-0.25, -0.2) is 4.98 Å². The first-order chi connectivity index (χ1) is 15.1. The van der Waals surface area contributed by atoms with Crippen LogP contribution in [0.25, 0.3) is 21.8 Å². The third-order valence-corrected chi connectivity index (χ3v) is 5.77. The van der Waals surface area contributed by atoms with Crippen molar-refractivity contribution in [2.24, 2.45) is 0 Å². The van der Waals surface area contributed by atoms with Crippen molar-refractivity contribution >= 4 is 27.7 Å². The Hall–Kier alpha value is -3.61. The number of hydrogen-bond acceptors (Lipinski definition) is 4. The molecule has 1 atom stereocenters. The first-order valence-corrected chi connectivity index (χ1v) is 10.6. The third kappa shape index (κ3) is 3.79. The molecule has 0 bridgehead atoms. The van der Waals surface area contributed by atoms with Crippen molar-refractivity contribution in [2.75, 3.05) is 6.61 Å². The van der Waals surface area contributed by atoms with E-state index in [9.17, 15) is 9.59 Å². The van der Waals surface area contributed by atoms with Gasteiger partial charge in [0.1, 0.15) is 11.6 Å². The van der Waals surface area contributed by atoms with Gasteiger partial charge in [0.25, 0.3) is 11.5 Å². The minimum atomic E-state index is -0.198. The zero-order valence-electron chi connectivity index (χ0n) is 17.4. The number of aromatic nitrogens is 3. The van der Waals surface area contributed by atoms with E-state index in [1.807, 2.05) is 31.3 Å². The molecule has 2 N–H and O–H groups in total. The predicted octanol–water partition coefficient (Wildman–Crippen LogP) is 2.95. The quantitative estimate of drug-likeness (QED) is 0.506. The van der Waals surface area contributed by atoms with Crippen LogP contribution in [0.1, 0.15) is 24.7 Å². The molecule has 1 aliphatic heterocycles. The van der Waals surface area contributed by atoms with Crippen LogP contribution in [-0.2, 0) is 24.2 Å². The molecule has 1 unspecified atom stereocenters. The molecule has 0 saturated carbocycles. The number of rotatable bonds is 6. The zero-order valence-corrected chi connectivity index (χ0v) is 17.4. The molecule has 0 spiro atoms. The van der Waals surface area contributed by atoms with Gasteiger partial charge < -0.3 is 15.0 Å². The minimum absolute atomic E-state index is 0.0386. The van der Waals surface area contributed by atoms with Gasteiger partial charge in [-0.15, -0.1) is 0 Å². The van der Waals surface area contributed by atoms with Crippen LogP contribution in [0.3, 0.4) is 0 Å². The average molecular weight is 416 g/mol. The number of fused-ring (bicyclic) bond motifs is 3. The maximum absolute atomic E-state index is 12.7. The van der Waals surface area contributed by atoms with E-state index in [4.69, 9.17) is 4.74 Å². The summed E-state index contributed by atoms with van der Waals surface area (Å²) in [4.78, 5) is 32.9. The zero-order chi connectivity index (χ0) is 21.4. The molecule has 3 heterocycles. The molecule has 0 radical (unpaired) electrons. The smallest absolute Gasteiger partial charge is 0.261 e. The number of amides is 1. The van der Waals surface area contributed by atoms with Gasteiger partial charge >= 0.3 is 0 Å². The molecular formula is C24H24N4O3. The molecular weight excluding hydrogens is 392 g/mol. The number of para-hydroxylation sites is 1. The molecule has 7 nitrogen and oxygen atoms in total. The summed E-state index contributed by atoms with van der Waals surface area (Å²) in [5.41, 5.74) is 2.88. The Bertz CT molecular complexity index is 1340. The Balaban J connectivity index is 1.22. The highest BCUT2D eigenvalue weighted by Gasteiger charge is 2.17. The summed E-state index contributed by atoms with van der Waals surface area (Å²) in [6.07, 6.45) is 4.49. The number of hydrogen-bond donors (Lipinski definition) is 2. The van der Waals surface area contributed by atoms with Gasteiger partial charge in [0.2, 0.25) is 0 Å². The van der Waals surface area contributed by atoms with Gasteiger partial charge in [0, 0.05) is 36.1 Å². The number of H-pyrrole nitrogens is 1. The highest BCUT2D eigenvalue weighted by Crippen LogP contribution is 2.20. The molecule has 4 aromatic rings. The summed E-state index contributed by atoms with van der Waals surface area (Å²) in [7, 11) is 0. The molecule has 7 heteroatoms. The molecule has 5 rings (SSSR count). The molecule has 2 aromatic carbocycles. The highest BCUT2D eigenvalue weighted by molar-refractivity contribution is 5.83. The molecule has 31 heavy (non-hydrogen) atoms. The van der Waals surface area contributed by atoms with Gasteiger partial charge in [-0.2, -0.15) is 0 Å². The Kier molecular flexibility index (Phi) is 4.94. The van der Waals surface area contributed by atoms with Crippen LogP contribution in [0.5, 0.6) is 5.75 Å². The van der Waals surface area contributed by atoms with Crippen molar-refractivity contribution in [1.29, 1.82) is 0 Å². The topological polar surface area (TPSA) is 89.0 Å². The van der Waals surface area contributed by atoms with E-state index in [2.05, 4.69) is 21.4 Å². The van der Waals surface area contributed by atoms with E-state index in [1.54, 1.807) is 22.8 Å². The monoisotopic (exact) mass is 416 g/mol. The lowest BCUT2D eigenvalue weighted by Gasteiger charge is -2.14. The van der Waals surface area contributed by atoms with Crippen molar-refractivity contribution in [2.45, 2.75) is 38.8 Å². The lowest BCUT2D eigenvalue weighted by molar-refractivity contribution is -0.123. The van der Waals surface area contributed by atoms with Crippen molar-refractivity contribution in [3.05, 3.63) is 70.4 Å². The lowest BCUT2D eigenvalue weighted by atomic mass is 10.1. The van der Waals surface area contributed by atoms with Crippen LogP contribution in [0, 0.1) is 0 Å². The van der Waals surface area contributed by atoms with E-state index < -0.39 is 0 Å². The summed E-state index contributed by atoms with van der Waals surface area (Å²) in [5.74, 6) is 1.13. The van der Waals surface area contributed by atoms with Crippen molar-refractivity contribution in [3.63, 3.8) is 0 Å². The van der Waals surface area contributed by atoms with Gasteiger partial charge in [-0.3, -0.25) is 14.2 Å². The number of benzene rings is 2. The Morgan fingerprint density at radius 3 is 3.03 bits per heavy atom. The maximum Gasteiger partial charge on any atom is 0.261 e. The molecule has 1 aliphatic rings. The Labute approximate surface area is 179 Å². The van der Waals surface area contributed by atoms with Gasteiger partial charge in [-0.05, 0) is 49.6 Å². The average Bonchev–Trinajstić information content (AvgIpc) is 3.40. The van der Waals surface area contributed by atoms with E-state index >= 15 is 0 Å². The molecule has 0 aliphatic carbocycles. The number of aromatic amines is 1. The lowest BCUT2D eigenvalue weighted by Crippen LogP contribution is -2.37. The molecule has 158 valence electrons.